The van der Waals surface area contributed by atoms with Crippen molar-refractivity contribution < 1.29 is 0 Å². The molecule has 0 aliphatic heterocycles. The fourth-order valence-electron chi connectivity index (χ4n) is 8.43. The summed E-state index contributed by atoms with van der Waals surface area (Å²) in [7, 11) is 4.58. The van der Waals surface area contributed by atoms with E-state index in [0.29, 0.717) is 5.41 Å². The third kappa shape index (κ3) is 2.89. The van der Waals surface area contributed by atoms with Gasteiger partial charge in [0.05, 0.1) is 0 Å². The molecule has 1 aromatic heterocycles. The Hall–Kier alpha value is -0.890. The molecule has 2 nitrogen and oxygen atoms in total. The van der Waals surface area contributed by atoms with Crippen molar-refractivity contribution in [2.45, 2.75) is 76.7 Å². The van der Waals surface area contributed by atoms with Crippen LogP contribution in [0, 0.1) is 35.0 Å². The van der Waals surface area contributed by atoms with Crippen molar-refractivity contribution in [3.05, 3.63) is 30.1 Å². The van der Waals surface area contributed by atoms with Crippen molar-refractivity contribution in [3.63, 3.8) is 0 Å². The van der Waals surface area contributed by atoms with E-state index in [4.69, 9.17) is 0 Å². The van der Waals surface area contributed by atoms with Gasteiger partial charge in [0.15, 0.2) is 0 Å². The van der Waals surface area contributed by atoms with Gasteiger partial charge in [-0.15, -0.1) is 0 Å². The van der Waals surface area contributed by atoms with Crippen LogP contribution in [0.5, 0.6) is 0 Å². The molecule has 148 valence electrons. The molecule has 4 saturated carbocycles. The highest BCUT2D eigenvalue weighted by molar-refractivity contribution is 5.22. The van der Waals surface area contributed by atoms with E-state index in [1.165, 1.54) is 63.4 Å². The molecule has 27 heavy (non-hydrogen) atoms. The van der Waals surface area contributed by atoms with Crippen molar-refractivity contribution in [1.29, 1.82) is 0 Å². The summed E-state index contributed by atoms with van der Waals surface area (Å²) in [6.07, 6.45) is 17.4. The van der Waals surface area contributed by atoms with Crippen molar-refractivity contribution in [2.75, 3.05) is 14.1 Å². The number of aromatic nitrogens is 1. The second kappa shape index (κ2) is 6.87. The molecule has 4 aliphatic carbocycles. The van der Waals surface area contributed by atoms with Crippen molar-refractivity contribution in [3.8, 4) is 0 Å². The largest absolute Gasteiger partial charge is 0.306 e. The Morgan fingerprint density at radius 2 is 1.81 bits per heavy atom. The molecule has 0 aromatic carbocycles. The normalized spacial score (nSPS) is 46.6. The second-order valence-corrected chi connectivity index (χ2v) is 10.8. The third-order valence-corrected chi connectivity index (χ3v) is 9.74. The van der Waals surface area contributed by atoms with E-state index in [9.17, 15) is 0 Å². The van der Waals surface area contributed by atoms with Crippen LogP contribution in [-0.2, 0) is 0 Å². The van der Waals surface area contributed by atoms with Crippen LogP contribution in [0.25, 0.3) is 0 Å². The summed E-state index contributed by atoms with van der Waals surface area (Å²) in [5, 5.41) is 0. The number of nitrogens with zero attached hydrogens (tertiary/aromatic N) is 2. The van der Waals surface area contributed by atoms with Crippen LogP contribution >= 0.6 is 0 Å². The Labute approximate surface area is 166 Å². The summed E-state index contributed by atoms with van der Waals surface area (Å²) in [6, 6.07) is 5.33. The molecule has 0 radical (unpaired) electrons. The smallest absolute Gasteiger partial charge is 0.0302 e. The minimum Gasteiger partial charge on any atom is -0.306 e. The topological polar surface area (TPSA) is 16.1 Å². The van der Waals surface area contributed by atoms with Gasteiger partial charge in [-0.3, -0.25) is 4.98 Å². The van der Waals surface area contributed by atoms with Crippen LogP contribution in [0.1, 0.15) is 76.2 Å². The average molecular weight is 367 g/mol. The maximum absolute atomic E-state index is 4.45. The maximum Gasteiger partial charge on any atom is 0.0302 e. The minimum atomic E-state index is 0.526. The molecular weight excluding hydrogens is 328 g/mol. The van der Waals surface area contributed by atoms with Gasteiger partial charge in [0, 0.05) is 18.4 Å². The molecule has 0 spiro atoms. The fourth-order valence-corrected chi connectivity index (χ4v) is 8.43. The molecule has 1 aromatic rings. The van der Waals surface area contributed by atoms with Crippen molar-refractivity contribution >= 4 is 0 Å². The first-order valence-electron chi connectivity index (χ1n) is 11.6. The Kier molecular flexibility index (Phi) is 4.62. The number of fused-ring (bicyclic) bond motifs is 5. The molecular formula is C25H38N2. The van der Waals surface area contributed by atoms with Gasteiger partial charge in [0.1, 0.15) is 0 Å². The standard InChI is InChI=1S/C25H38N2/c1-25-13-12-21-20-9-7-19(27(2)3)15-17(20)6-8-22(21)24(25)11-10-23(25)18-5-4-14-26-16-18/h4-5,14,16-17,19-24H,6-13,15H2,1-3H3. The fraction of sp³-hybridized carbons (Fsp3) is 0.800. The summed E-state index contributed by atoms with van der Waals surface area (Å²) in [6.45, 7) is 2.65. The predicted molar refractivity (Wildman–Crippen MR) is 112 cm³/mol. The van der Waals surface area contributed by atoms with Gasteiger partial charge in [-0.25, -0.2) is 0 Å². The van der Waals surface area contributed by atoms with Crippen LogP contribution in [-0.4, -0.2) is 30.0 Å². The highest BCUT2D eigenvalue weighted by atomic mass is 15.1. The summed E-state index contributed by atoms with van der Waals surface area (Å²) in [4.78, 5) is 6.95. The van der Waals surface area contributed by atoms with Crippen molar-refractivity contribution in [1.82, 2.24) is 9.88 Å². The van der Waals surface area contributed by atoms with E-state index in [1.54, 1.807) is 0 Å². The predicted octanol–water partition coefficient (Wildman–Crippen LogP) is 5.75. The summed E-state index contributed by atoms with van der Waals surface area (Å²) >= 11 is 0. The summed E-state index contributed by atoms with van der Waals surface area (Å²) < 4.78 is 0. The quantitative estimate of drug-likeness (QED) is 0.662. The molecule has 8 unspecified atom stereocenters. The number of rotatable bonds is 2. The lowest BCUT2D eigenvalue weighted by atomic mass is 9.49. The van der Waals surface area contributed by atoms with E-state index in [0.717, 1.165) is 41.5 Å². The number of hydrogen-bond acceptors (Lipinski definition) is 2. The zero-order chi connectivity index (χ0) is 18.6. The monoisotopic (exact) mass is 366 g/mol. The lowest BCUT2D eigenvalue weighted by Crippen LogP contribution is -2.49. The highest BCUT2D eigenvalue weighted by Gasteiger charge is 2.57. The van der Waals surface area contributed by atoms with E-state index in [1.807, 2.05) is 6.20 Å². The number of hydrogen-bond donors (Lipinski definition) is 0. The third-order valence-electron chi connectivity index (χ3n) is 9.74. The lowest BCUT2D eigenvalue weighted by Gasteiger charge is -2.56. The molecule has 2 heteroatoms. The van der Waals surface area contributed by atoms with E-state index >= 15 is 0 Å². The van der Waals surface area contributed by atoms with Gasteiger partial charge < -0.3 is 4.90 Å². The van der Waals surface area contributed by atoms with E-state index in [2.05, 4.69) is 49.2 Å². The van der Waals surface area contributed by atoms with Gasteiger partial charge in [-0.05, 0) is 124 Å². The van der Waals surface area contributed by atoms with Crippen LogP contribution in [0.4, 0.5) is 0 Å². The second-order valence-electron chi connectivity index (χ2n) is 10.8. The lowest BCUT2D eigenvalue weighted by molar-refractivity contribution is -0.0624. The van der Waals surface area contributed by atoms with Gasteiger partial charge in [-0.2, -0.15) is 0 Å². The summed E-state index contributed by atoms with van der Waals surface area (Å²) in [5.41, 5.74) is 2.04. The molecule has 0 saturated heterocycles. The first kappa shape index (κ1) is 18.2. The molecule has 8 atom stereocenters. The SMILES string of the molecule is CN(C)C1CCC2C(CCC3C2CCC2(C)C(c4cccnc4)CCC32)C1. The molecule has 1 heterocycles. The Bertz CT molecular complexity index is 656. The van der Waals surface area contributed by atoms with Gasteiger partial charge in [-0.1, -0.05) is 13.0 Å². The average Bonchev–Trinajstić information content (AvgIpc) is 3.05. The Balaban J connectivity index is 1.35. The van der Waals surface area contributed by atoms with E-state index in [-0.39, 0.29) is 0 Å². The van der Waals surface area contributed by atoms with Crippen molar-refractivity contribution in [2.24, 2.45) is 35.0 Å². The van der Waals surface area contributed by atoms with Crippen LogP contribution in [0.3, 0.4) is 0 Å². The highest BCUT2D eigenvalue weighted by Crippen LogP contribution is 2.66. The first-order valence-corrected chi connectivity index (χ1v) is 11.6. The van der Waals surface area contributed by atoms with Crippen LogP contribution in [0.15, 0.2) is 24.5 Å². The molecule has 4 aliphatic rings. The van der Waals surface area contributed by atoms with Gasteiger partial charge >= 0.3 is 0 Å². The minimum absolute atomic E-state index is 0.526. The van der Waals surface area contributed by atoms with E-state index < -0.39 is 0 Å². The van der Waals surface area contributed by atoms with Crippen LogP contribution in [0.2, 0.25) is 0 Å². The molecule has 0 bridgehead atoms. The summed E-state index contributed by atoms with van der Waals surface area (Å²) in [5.74, 6) is 5.84. The zero-order valence-electron chi connectivity index (χ0n) is 17.6. The van der Waals surface area contributed by atoms with Gasteiger partial charge in [0.2, 0.25) is 0 Å². The Morgan fingerprint density at radius 3 is 2.59 bits per heavy atom. The molecule has 5 rings (SSSR count). The zero-order valence-corrected chi connectivity index (χ0v) is 17.6. The van der Waals surface area contributed by atoms with Gasteiger partial charge in [0.25, 0.3) is 0 Å². The maximum atomic E-state index is 4.45. The molecule has 0 amide bonds. The molecule has 0 N–H and O–H groups in total. The number of pyridine rings is 1. The molecule has 4 fully saturated rings. The Morgan fingerprint density at radius 1 is 0.963 bits per heavy atom. The van der Waals surface area contributed by atoms with Crippen LogP contribution < -0.4 is 0 Å². The first-order chi connectivity index (χ1) is 13.1.